The van der Waals surface area contributed by atoms with Gasteiger partial charge in [0.05, 0.1) is 33.1 Å². The Morgan fingerprint density at radius 1 is 0.300 bits per heavy atom. The average molecular weight is 895 g/mol. The topological polar surface area (TPSA) is 66.6 Å². The Labute approximate surface area is 400 Å². The fraction of sp³-hybridized carbons (Fsp3) is 0. The van der Waals surface area contributed by atoms with Crippen LogP contribution in [0.2, 0.25) is 0 Å². The lowest BCUT2D eigenvalue weighted by Crippen LogP contribution is -2.06. The summed E-state index contributed by atoms with van der Waals surface area (Å²) in [5, 5.41) is 9.16. The fourth-order valence-corrected chi connectivity index (χ4v) is 11.1. The van der Waals surface area contributed by atoms with Crippen molar-refractivity contribution >= 4 is 87.4 Å². The van der Waals surface area contributed by atoms with Crippen LogP contribution < -0.4 is 0 Å². The van der Waals surface area contributed by atoms with E-state index in [2.05, 4.69) is 232 Å². The minimum Gasteiger partial charge on any atom is -0.456 e. The molecule has 0 saturated heterocycles. The maximum Gasteiger partial charge on any atom is 0.238 e. The van der Waals surface area contributed by atoms with Gasteiger partial charge in [-0.1, -0.05) is 158 Å². The Kier molecular flexibility index (Phi) is 8.23. The largest absolute Gasteiger partial charge is 0.456 e. The first-order valence-corrected chi connectivity index (χ1v) is 23.6. The number of benzene rings is 10. The molecule has 5 aromatic heterocycles. The molecule has 0 amide bonds. The molecule has 0 aliphatic heterocycles. The maximum absolute atomic E-state index is 6.64. The zero-order chi connectivity index (χ0) is 45.9. The molecule has 0 atom stereocenters. The smallest absolute Gasteiger partial charge is 0.238 e. The summed E-state index contributed by atoms with van der Waals surface area (Å²) < 4.78 is 13.6. The zero-order valence-electron chi connectivity index (χ0n) is 37.5. The van der Waals surface area contributed by atoms with Gasteiger partial charge in [0.15, 0.2) is 11.6 Å². The van der Waals surface area contributed by atoms with E-state index in [4.69, 9.17) is 19.4 Å². The molecule has 15 aromatic rings. The van der Waals surface area contributed by atoms with Crippen molar-refractivity contribution in [2.75, 3.05) is 0 Å². The van der Waals surface area contributed by atoms with E-state index in [9.17, 15) is 0 Å². The number of hydrogen-bond donors (Lipinski definition) is 0. The van der Waals surface area contributed by atoms with Crippen molar-refractivity contribution in [3.8, 4) is 51.2 Å². The SMILES string of the molecule is c1ccc(-c2cccc3oc4cc(-c5nc(-c6cccc(-n7c8ccccc8c8ccc9c(c%10ccccc%10n9-c9ccccc9)c87)c6)nc(-n6c7ccccc7c7ccccc76)n5)ccc4c23)cc1. The monoisotopic (exact) mass is 894 g/mol. The molecule has 0 aliphatic carbocycles. The third-order valence-corrected chi connectivity index (χ3v) is 14.1. The van der Waals surface area contributed by atoms with Gasteiger partial charge in [0.25, 0.3) is 0 Å². The first kappa shape index (κ1) is 38.5. The van der Waals surface area contributed by atoms with Crippen LogP contribution in [0.4, 0.5) is 0 Å². The van der Waals surface area contributed by atoms with Gasteiger partial charge in [0, 0.05) is 65.6 Å². The Hall–Kier alpha value is -9.59. The van der Waals surface area contributed by atoms with Crippen molar-refractivity contribution in [2.24, 2.45) is 0 Å². The summed E-state index contributed by atoms with van der Waals surface area (Å²) in [5.74, 6) is 1.64. The fourth-order valence-electron chi connectivity index (χ4n) is 11.1. The third-order valence-electron chi connectivity index (χ3n) is 14.1. The molecular formula is C63H38N6O. The highest BCUT2D eigenvalue weighted by Gasteiger charge is 2.23. The lowest BCUT2D eigenvalue weighted by atomic mass is 9.99. The number of nitrogens with zero attached hydrogens (tertiary/aromatic N) is 6. The molecule has 0 aliphatic rings. The molecule has 0 radical (unpaired) electrons. The Morgan fingerprint density at radius 3 is 1.56 bits per heavy atom. The van der Waals surface area contributed by atoms with Gasteiger partial charge in [-0.05, 0) is 83.9 Å². The van der Waals surface area contributed by atoms with E-state index in [1.54, 1.807) is 0 Å². The highest BCUT2D eigenvalue weighted by atomic mass is 16.3. The zero-order valence-corrected chi connectivity index (χ0v) is 37.5. The van der Waals surface area contributed by atoms with Crippen LogP contribution in [0.25, 0.3) is 139 Å². The molecule has 10 aromatic carbocycles. The van der Waals surface area contributed by atoms with E-state index in [0.29, 0.717) is 17.6 Å². The molecule has 0 saturated carbocycles. The van der Waals surface area contributed by atoms with Gasteiger partial charge in [0.1, 0.15) is 11.2 Å². The van der Waals surface area contributed by atoms with E-state index < -0.39 is 0 Å². The standard InChI is InChI=1S/C63H38N6O/c1-3-17-39(18-4-1)44-27-16-32-56-58(44)50-34-33-41(38-57(50)70-56)62-64-61(65-63(66-62)69-52-29-12-7-23-45(52)46-24-8-13-30-53(46)69)40-19-15-22-43(37-40)68-51-28-11-9-25-47(51)48-35-36-55-59(60(48)68)49-26-10-14-31-54(49)67(55)42-20-5-2-6-21-42/h1-38H. The Balaban J connectivity index is 0.971. The summed E-state index contributed by atoms with van der Waals surface area (Å²) in [4.78, 5) is 16.1. The molecule has 7 nitrogen and oxygen atoms in total. The lowest BCUT2D eigenvalue weighted by molar-refractivity contribution is 0.669. The quantitative estimate of drug-likeness (QED) is 0.167. The van der Waals surface area contributed by atoms with Crippen LogP contribution in [0.3, 0.4) is 0 Å². The lowest BCUT2D eigenvalue weighted by Gasteiger charge is -2.13. The van der Waals surface area contributed by atoms with E-state index in [-0.39, 0.29) is 0 Å². The number of aromatic nitrogens is 6. The molecule has 15 rings (SSSR count). The summed E-state index contributed by atoms with van der Waals surface area (Å²) >= 11 is 0. The molecule has 7 heteroatoms. The van der Waals surface area contributed by atoms with Crippen molar-refractivity contribution in [2.45, 2.75) is 0 Å². The number of hydrogen-bond acceptors (Lipinski definition) is 4. The van der Waals surface area contributed by atoms with Gasteiger partial charge in [-0.3, -0.25) is 4.57 Å². The molecule has 326 valence electrons. The Bertz CT molecular complexity index is 4540. The summed E-state index contributed by atoms with van der Waals surface area (Å²) in [5.41, 5.74) is 14.3. The van der Waals surface area contributed by atoms with Gasteiger partial charge in [-0.25, -0.2) is 4.98 Å². The van der Waals surface area contributed by atoms with Crippen molar-refractivity contribution in [3.63, 3.8) is 0 Å². The summed E-state index contributed by atoms with van der Waals surface area (Å²) in [6.45, 7) is 0. The molecule has 0 fully saturated rings. The number of fused-ring (bicyclic) bond motifs is 13. The van der Waals surface area contributed by atoms with Crippen LogP contribution in [0, 0.1) is 0 Å². The second-order valence-electron chi connectivity index (χ2n) is 18.0. The van der Waals surface area contributed by atoms with Gasteiger partial charge in [-0.2, -0.15) is 9.97 Å². The van der Waals surface area contributed by atoms with Crippen LogP contribution in [0.15, 0.2) is 235 Å². The van der Waals surface area contributed by atoms with Gasteiger partial charge in [-0.15, -0.1) is 0 Å². The summed E-state index contributed by atoms with van der Waals surface area (Å²) in [7, 11) is 0. The highest BCUT2D eigenvalue weighted by Crippen LogP contribution is 2.43. The van der Waals surface area contributed by atoms with Crippen molar-refractivity contribution in [1.82, 2.24) is 28.7 Å². The molecule has 0 unspecified atom stereocenters. The summed E-state index contributed by atoms with van der Waals surface area (Å²) in [6, 6.07) is 81.3. The van der Waals surface area contributed by atoms with Gasteiger partial charge >= 0.3 is 0 Å². The van der Waals surface area contributed by atoms with E-state index in [1.807, 2.05) is 12.1 Å². The molecule has 0 N–H and O–H groups in total. The van der Waals surface area contributed by atoms with E-state index >= 15 is 0 Å². The number of para-hydroxylation sites is 5. The van der Waals surface area contributed by atoms with Gasteiger partial charge < -0.3 is 13.6 Å². The van der Waals surface area contributed by atoms with Crippen molar-refractivity contribution < 1.29 is 4.42 Å². The van der Waals surface area contributed by atoms with Crippen molar-refractivity contribution in [3.05, 3.63) is 231 Å². The summed E-state index contributed by atoms with van der Waals surface area (Å²) in [6.07, 6.45) is 0. The Morgan fingerprint density at radius 2 is 0.843 bits per heavy atom. The van der Waals surface area contributed by atoms with Crippen LogP contribution in [-0.2, 0) is 0 Å². The first-order valence-electron chi connectivity index (χ1n) is 23.6. The normalized spacial score (nSPS) is 12.0. The van der Waals surface area contributed by atoms with Crippen LogP contribution in [-0.4, -0.2) is 28.7 Å². The molecule has 0 spiro atoms. The van der Waals surface area contributed by atoms with Crippen LogP contribution >= 0.6 is 0 Å². The number of rotatable bonds is 6. The minimum atomic E-state index is 0.533. The van der Waals surface area contributed by atoms with Crippen molar-refractivity contribution in [1.29, 1.82) is 0 Å². The second-order valence-corrected chi connectivity index (χ2v) is 18.0. The third kappa shape index (κ3) is 5.66. The predicted octanol–water partition coefficient (Wildman–Crippen LogP) is 16.1. The van der Waals surface area contributed by atoms with E-state index in [1.165, 1.54) is 21.5 Å². The minimum absolute atomic E-state index is 0.533. The van der Waals surface area contributed by atoms with Crippen LogP contribution in [0.1, 0.15) is 0 Å². The molecular weight excluding hydrogens is 857 g/mol. The molecule has 70 heavy (non-hydrogen) atoms. The first-order chi connectivity index (χ1) is 34.7. The number of furan rings is 1. The molecule has 5 heterocycles. The maximum atomic E-state index is 6.64. The average Bonchev–Trinajstić information content (AvgIpc) is 4.17. The second kappa shape index (κ2) is 15.0. The van der Waals surface area contributed by atoms with Gasteiger partial charge in [0.2, 0.25) is 5.95 Å². The highest BCUT2D eigenvalue weighted by molar-refractivity contribution is 6.26. The van der Waals surface area contributed by atoms with E-state index in [0.717, 1.165) is 99.4 Å². The van der Waals surface area contributed by atoms with Crippen LogP contribution in [0.5, 0.6) is 0 Å². The molecule has 0 bridgehead atoms. The predicted molar refractivity (Wildman–Crippen MR) is 286 cm³/mol.